The van der Waals surface area contributed by atoms with Crippen molar-refractivity contribution in [2.24, 2.45) is 0 Å². The molecule has 1 heterocycles. The zero-order chi connectivity index (χ0) is 14.7. The Bertz CT molecular complexity index is 578. The van der Waals surface area contributed by atoms with Gasteiger partial charge in [0.25, 0.3) is 0 Å². The van der Waals surface area contributed by atoms with Crippen LogP contribution in [0.15, 0.2) is 24.3 Å². The molecule has 0 saturated heterocycles. The Balaban J connectivity index is 2.20. The Morgan fingerprint density at radius 1 is 1.35 bits per heavy atom. The maximum Gasteiger partial charge on any atom is 0.136 e. The first-order valence-electron chi connectivity index (χ1n) is 6.77. The first-order valence-corrected chi connectivity index (χ1v) is 7.85. The number of nitrogens with two attached hydrogens (primary N) is 1. The molecule has 20 heavy (non-hydrogen) atoms. The summed E-state index contributed by atoms with van der Waals surface area (Å²) in [5, 5.41) is 4.51. The summed E-state index contributed by atoms with van der Waals surface area (Å²) in [6, 6.07) is 8.24. The molecule has 1 atom stereocenters. The third-order valence-electron chi connectivity index (χ3n) is 3.25. The predicted octanol–water partition coefficient (Wildman–Crippen LogP) is 3.78. The Hall–Kier alpha value is -1.24. The summed E-state index contributed by atoms with van der Waals surface area (Å²) in [6.45, 7) is 6.92. The smallest absolute Gasteiger partial charge is 0.136 e. The van der Waals surface area contributed by atoms with Crippen molar-refractivity contribution in [2.75, 3.05) is 12.3 Å². The molecule has 0 fully saturated rings. The average Bonchev–Trinajstić information content (AvgIpc) is 2.72. The summed E-state index contributed by atoms with van der Waals surface area (Å²) < 4.78 is 8.49. The van der Waals surface area contributed by atoms with Gasteiger partial charge in [0, 0.05) is 0 Å². The number of halogens is 1. The summed E-state index contributed by atoms with van der Waals surface area (Å²) in [6.07, 6.45) is 1.01. The second kappa shape index (κ2) is 6.47. The highest BCUT2D eigenvalue weighted by atomic mass is 127. The van der Waals surface area contributed by atoms with E-state index in [1.165, 1.54) is 5.56 Å². The van der Waals surface area contributed by atoms with Crippen molar-refractivity contribution in [3.8, 4) is 5.75 Å². The maximum absolute atomic E-state index is 6.11. The molecular weight excluding hydrogens is 365 g/mol. The van der Waals surface area contributed by atoms with Gasteiger partial charge in [0.1, 0.15) is 11.6 Å². The van der Waals surface area contributed by atoms with Gasteiger partial charge in [-0.25, -0.2) is 4.68 Å². The van der Waals surface area contributed by atoms with Crippen LogP contribution in [-0.4, -0.2) is 16.4 Å². The zero-order valence-electron chi connectivity index (χ0n) is 12.1. The van der Waals surface area contributed by atoms with E-state index in [-0.39, 0.29) is 6.04 Å². The van der Waals surface area contributed by atoms with Crippen molar-refractivity contribution >= 4 is 28.4 Å². The third kappa shape index (κ3) is 3.08. The van der Waals surface area contributed by atoms with Crippen LogP contribution >= 0.6 is 22.6 Å². The number of aryl methyl sites for hydroxylation is 1. The van der Waals surface area contributed by atoms with Gasteiger partial charge in [0.05, 0.1) is 21.9 Å². The molecule has 2 aromatic rings. The van der Waals surface area contributed by atoms with Crippen molar-refractivity contribution < 1.29 is 4.74 Å². The second-order valence-electron chi connectivity index (χ2n) is 4.82. The Morgan fingerprint density at radius 2 is 2.00 bits per heavy atom. The topological polar surface area (TPSA) is 53.1 Å². The van der Waals surface area contributed by atoms with Crippen LogP contribution in [0.1, 0.15) is 37.6 Å². The molecular formula is C15H20IN3O. The Labute approximate surface area is 133 Å². The third-order valence-corrected chi connectivity index (χ3v) is 4.58. The zero-order valence-corrected chi connectivity index (χ0v) is 14.2. The molecule has 2 N–H and O–H groups in total. The van der Waals surface area contributed by atoms with E-state index in [1.54, 1.807) is 0 Å². The van der Waals surface area contributed by atoms with Gasteiger partial charge in [-0.1, -0.05) is 19.1 Å². The minimum atomic E-state index is 0.109. The van der Waals surface area contributed by atoms with Crippen molar-refractivity contribution in [1.82, 2.24) is 9.78 Å². The second-order valence-corrected chi connectivity index (χ2v) is 5.90. The lowest BCUT2D eigenvalue weighted by molar-refractivity contribution is 0.317. The highest BCUT2D eigenvalue weighted by Gasteiger charge is 2.16. The van der Waals surface area contributed by atoms with Crippen molar-refractivity contribution in [3.05, 3.63) is 39.1 Å². The number of nitrogens with zero attached hydrogens (tertiary/aromatic N) is 2. The molecule has 1 aromatic heterocycles. The number of nitrogen functional groups attached to an aromatic ring is 1. The highest BCUT2D eigenvalue weighted by Crippen LogP contribution is 2.27. The molecule has 1 aromatic carbocycles. The van der Waals surface area contributed by atoms with Gasteiger partial charge in [-0.2, -0.15) is 5.10 Å². The van der Waals surface area contributed by atoms with E-state index in [0.717, 1.165) is 33.9 Å². The number of hydrogen-bond donors (Lipinski definition) is 1. The number of aromatic nitrogens is 2. The van der Waals surface area contributed by atoms with Gasteiger partial charge in [-0.15, -0.1) is 0 Å². The van der Waals surface area contributed by atoms with Crippen LogP contribution in [0.3, 0.4) is 0 Å². The quantitative estimate of drug-likeness (QED) is 0.798. The SMILES string of the molecule is CCCOc1ccc(C(C)n2nc(C)c(I)c2N)cc1. The number of rotatable bonds is 5. The summed E-state index contributed by atoms with van der Waals surface area (Å²) in [5.74, 6) is 1.63. The number of anilines is 1. The molecule has 0 aliphatic carbocycles. The minimum absolute atomic E-state index is 0.109. The van der Waals surface area contributed by atoms with Gasteiger partial charge >= 0.3 is 0 Å². The molecule has 2 rings (SSSR count). The Kier molecular flexibility index (Phi) is 4.91. The van der Waals surface area contributed by atoms with Crippen LogP contribution in [0.5, 0.6) is 5.75 Å². The molecule has 0 amide bonds. The van der Waals surface area contributed by atoms with Crippen LogP contribution < -0.4 is 10.5 Å². The van der Waals surface area contributed by atoms with Crippen molar-refractivity contribution in [2.45, 2.75) is 33.2 Å². The van der Waals surface area contributed by atoms with Crippen LogP contribution in [0.2, 0.25) is 0 Å². The monoisotopic (exact) mass is 385 g/mol. The normalized spacial score (nSPS) is 12.4. The first kappa shape index (κ1) is 15.2. The molecule has 108 valence electrons. The average molecular weight is 385 g/mol. The van der Waals surface area contributed by atoms with Crippen molar-refractivity contribution in [3.63, 3.8) is 0 Å². The lowest BCUT2D eigenvalue weighted by Crippen LogP contribution is -2.11. The first-order chi connectivity index (χ1) is 9.54. The van der Waals surface area contributed by atoms with E-state index in [2.05, 4.69) is 53.7 Å². The van der Waals surface area contributed by atoms with Gasteiger partial charge in [0.15, 0.2) is 0 Å². The molecule has 1 unspecified atom stereocenters. The standard InChI is InChI=1S/C15H20IN3O/c1-4-9-20-13-7-5-12(6-8-13)11(3)19-15(17)14(16)10(2)18-19/h5-8,11H,4,9,17H2,1-3H3. The van der Waals surface area contributed by atoms with Crippen LogP contribution in [0.25, 0.3) is 0 Å². The van der Waals surface area contributed by atoms with Crippen LogP contribution in [0, 0.1) is 10.5 Å². The molecule has 0 aliphatic rings. The molecule has 0 spiro atoms. The fourth-order valence-corrected chi connectivity index (χ4v) is 2.40. The molecule has 0 radical (unpaired) electrons. The lowest BCUT2D eigenvalue weighted by atomic mass is 10.1. The maximum atomic E-state index is 6.11. The van der Waals surface area contributed by atoms with Crippen LogP contribution in [-0.2, 0) is 0 Å². The van der Waals surface area contributed by atoms with E-state index in [4.69, 9.17) is 10.5 Å². The highest BCUT2D eigenvalue weighted by molar-refractivity contribution is 14.1. The molecule has 0 bridgehead atoms. The summed E-state index contributed by atoms with van der Waals surface area (Å²) in [5.41, 5.74) is 8.24. The number of ether oxygens (including phenoxy) is 1. The lowest BCUT2D eigenvalue weighted by Gasteiger charge is -2.15. The molecule has 0 aliphatic heterocycles. The van der Waals surface area contributed by atoms with Gasteiger partial charge in [-0.3, -0.25) is 0 Å². The fraction of sp³-hybridized carbons (Fsp3) is 0.400. The van der Waals surface area contributed by atoms with E-state index in [0.29, 0.717) is 0 Å². The van der Waals surface area contributed by atoms with E-state index >= 15 is 0 Å². The fourth-order valence-electron chi connectivity index (χ4n) is 2.04. The number of benzene rings is 1. The van der Waals surface area contributed by atoms with E-state index in [9.17, 15) is 0 Å². The van der Waals surface area contributed by atoms with Crippen molar-refractivity contribution in [1.29, 1.82) is 0 Å². The van der Waals surface area contributed by atoms with Gasteiger partial charge in [0.2, 0.25) is 0 Å². The number of hydrogen-bond acceptors (Lipinski definition) is 3. The predicted molar refractivity (Wildman–Crippen MR) is 90.1 cm³/mol. The van der Waals surface area contributed by atoms with Gasteiger partial charge in [-0.05, 0) is 60.6 Å². The molecule has 5 heteroatoms. The van der Waals surface area contributed by atoms with Crippen LogP contribution in [0.4, 0.5) is 5.82 Å². The molecule has 4 nitrogen and oxygen atoms in total. The largest absolute Gasteiger partial charge is 0.494 e. The van der Waals surface area contributed by atoms with E-state index < -0.39 is 0 Å². The van der Waals surface area contributed by atoms with Gasteiger partial charge < -0.3 is 10.5 Å². The Morgan fingerprint density at radius 3 is 2.50 bits per heavy atom. The summed E-state index contributed by atoms with van der Waals surface area (Å²) in [4.78, 5) is 0. The molecule has 0 saturated carbocycles. The van der Waals surface area contributed by atoms with E-state index in [1.807, 2.05) is 23.7 Å². The summed E-state index contributed by atoms with van der Waals surface area (Å²) in [7, 11) is 0. The minimum Gasteiger partial charge on any atom is -0.494 e. The summed E-state index contributed by atoms with van der Waals surface area (Å²) >= 11 is 2.23.